The molecule has 1 atom stereocenters. The standard InChI is InChI=1S/C28H30N4O4/c1-32(24-9-3-2-4-10-24)28(35)20-12-14-22(15-13-20)29-19-26(33)31-23-8-5-7-21(17-23)27(34)30-18-25-11-6-16-36-25/h2-5,7-10,12-15,17,25,29H,6,11,16,18-19H2,1H3,(H,30,34)(H,31,33). The highest BCUT2D eigenvalue weighted by atomic mass is 16.5. The quantitative estimate of drug-likeness (QED) is 0.426. The molecule has 1 aliphatic rings. The number of para-hydroxylation sites is 1. The van der Waals surface area contributed by atoms with Gasteiger partial charge in [-0.3, -0.25) is 14.4 Å². The van der Waals surface area contributed by atoms with Crippen LogP contribution in [-0.4, -0.2) is 50.6 Å². The van der Waals surface area contributed by atoms with E-state index in [1.807, 2.05) is 30.3 Å². The SMILES string of the molecule is CN(C(=O)c1ccc(NCC(=O)Nc2cccc(C(=O)NCC3CCCO3)c2)cc1)c1ccccc1. The highest BCUT2D eigenvalue weighted by Crippen LogP contribution is 2.17. The summed E-state index contributed by atoms with van der Waals surface area (Å²) >= 11 is 0. The lowest BCUT2D eigenvalue weighted by molar-refractivity contribution is -0.114. The number of hydrogen-bond donors (Lipinski definition) is 3. The minimum absolute atomic E-state index is 0.0344. The molecule has 0 bridgehead atoms. The lowest BCUT2D eigenvalue weighted by Gasteiger charge is -2.17. The Morgan fingerprint density at radius 2 is 1.69 bits per heavy atom. The Bertz CT molecular complexity index is 1190. The van der Waals surface area contributed by atoms with Gasteiger partial charge in [0.1, 0.15) is 0 Å². The van der Waals surface area contributed by atoms with Crippen LogP contribution in [0.1, 0.15) is 33.6 Å². The van der Waals surface area contributed by atoms with Crippen molar-refractivity contribution >= 4 is 34.8 Å². The molecule has 1 unspecified atom stereocenters. The smallest absolute Gasteiger partial charge is 0.258 e. The van der Waals surface area contributed by atoms with Gasteiger partial charge in [0, 0.05) is 48.4 Å². The van der Waals surface area contributed by atoms with Crippen LogP contribution < -0.4 is 20.9 Å². The van der Waals surface area contributed by atoms with Crippen molar-refractivity contribution < 1.29 is 19.1 Å². The first-order valence-corrected chi connectivity index (χ1v) is 12.0. The molecule has 0 aromatic heterocycles. The number of nitrogens with zero attached hydrogens (tertiary/aromatic N) is 1. The van der Waals surface area contributed by atoms with E-state index < -0.39 is 0 Å². The number of carbonyl (C=O) groups excluding carboxylic acids is 3. The van der Waals surface area contributed by atoms with Crippen molar-refractivity contribution in [3.63, 3.8) is 0 Å². The zero-order chi connectivity index (χ0) is 25.3. The van der Waals surface area contributed by atoms with Crippen LogP contribution in [0, 0.1) is 0 Å². The topological polar surface area (TPSA) is 99.8 Å². The number of hydrogen-bond acceptors (Lipinski definition) is 5. The van der Waals surface area contributed by atoms with Crippen LogP contribution in [-0.2, 0) is 9.53 Å². The highest BCUT2D eigenvalue weighted by molar-refractivity contribution is 6.06. The Morgan fingerprint density at radius 1 is 0.917 bits per heavy atom. The second-order valence-electron chi connectivity index (χ2n) is 8.60. The fourth-order valence-corrected chi connectivity index (χ4v) is 3.93. The summed E-state index contributed by atoms with van der Waals surface area (Å²) in [5.74, 6) is -0.576. The van der Waals surface area contributed by atoms with Crippen LogP contribution in [0.5, 0.6) is 0 Å². The zero-order valence-electron chi connectivity index (χ0n) is 20.2. The molecule has 0 spiro atoms. The van der Waals surface area contributed by atoms with Gasteiger partial charge in [0.2, 0.25) is 5.91 Å². The predicted molar refractivity (Wildman–Crippen MR) is 140 cm³/mol. The van der Waals surface area contributed by atoms with Gasteiger partial charge in [0.25, 0.3) is 11.8 Å². The molecule has 3 aromatic carbocycles. The maximum atomic E-state index is 12.7. The van der Waals surface area contributed by atoms with Gasteiger partial charge in [0.15, 0.2) is 0 Å². The molecular formula is C28H30N4O4. The summed E-state index contributed by atoms with van der Waals surface area (Å²) in [6.45, 7) is 1.25. The first-order chi connectivity index (χ1) is 17.5. The van der Waals surface area contributed by atoms with Crippen molar-refractivity contribution in [1.82, 2.24) is 5.32 Å². The number of carbonyl (C=O) groups is 3. The Morgan fingerprint density at radius 3 is 2.42 bits per heavy atom. The summed E-state index contributed by atoms with van der Waals surface area (Å²) in [5.41, 5.74) is 3.08. The number of rotatable bonds is 9. The summed E-state index contributed by atoms with van der Waals surface area (Å²) in [6.07, 6.45) is 2.04. The van der Waals surface area contributed by atoms with Crippen molar-refractivity contribution in [2.24, 2.45) is 0 Å². The maximum Gasteiger partial charge on any atom is 0.258 e. The average Bonchev–Trinajstić information content (AvgIpc) is 3.44. The molecule has 0 radical (unpaired) electrons. The summed E-state index contributed by atoms with van der Waals surface area (Å²) in [5, 5.41) is 8.73. The molecule has 0 saturated carbocycles. The Labute approximate surface area is 210 Å². The molecule has 3 aromatic rings. The van der Waals surface area contributed by atoms with Crippen molar-refractivity contribution in [3.8, 4) is 0 Å². The van der Waals surface area contributed by atoms with E-state index in [0.717, 1.165) is 25.1 Å². The van der Waals surface area contributed by atoms with Gasteiger partial charge >= 0.3 is 0 Å². The Hall–Kier alpha value is -4.17. The molecule has 1 heterocycles. The summed E-state index contributed by atoms with van der Waals surface area (Å²) < 4.78 is 5.53. The molecule has 4 rings (SSSR count). The predicted octanol–water partition coefficient (Wildman–Crippen LogP) is 3.92. The van der Waals surface area contributed by atoms with Crippen molar-refractivity contribution in [2.75, 3.05) is 42.3 Å². The molecule has 1 fully saturated rings. The van der Waals surface area contributed by atoms with Gasteiger partial charge in [0.05, 0.1) is 12.6 Å². The third-order valence-corrected chi connectivity index (χ3v) is 5.96. The van der Waals surface area contributed by atoms with E-state index in [0.29, 0.717) is 29.0 Å². The van der Waals surface area contributed by atoms with Crippen LogP contribution in [0.25, 0.3) is 0 Å². The van der Waals surface area contributed by atoms with Crippen molar-refractivity contribution in [2.45, 2.75) is 18.9 Å². The van der Waals surface area contributed by atoms with E-state index in [9.17, 15) is 14.4 Å². The molecule has 1 saturated heterocycles. The number of nitrogens with one attached hydrogen (secondary N) is 3. The first kappa shape index (κ1) is 24.9. The maximum absolute atomic E-state index is 12.7. The molecule has 8 heteroatoms. The van der Waals surface area contributed by atoms with E-state index in [2.05, 4.69) is 16.0 Å². The molecule has 3 N–H and O–H groups in total. The van der Waals surface area contributed by atoms with Gasteiger partial charge in [-0.2, -0.15) is 0 Å². The lowest BCUT2D eigenvalue weighted by atomic mass is 10.1. The normalized spacial score (nSPS) is 14.6. The highest BCUT2D eigenvalue weighted by Gasteiger charge is 2.17. The number of anilines is 3. The van der Waals surface area contributed by atoms with Gasteiger partial charge in [-0.15, -0.1) is 0 Å². The molecular weight excluding hydrogens is 456 g/mol. The number of benzene rings is 3. The zero-order valence-corrected chi connectivity index (χ0v) is 20.2. The van der Waals surface area contributed by atoms with Gasteiger partial charge < -0.3 is 25.6 Å². The number of amides is 3. The molecule has 36 heavy (non-hydrogen) atoms. The van der Waals surface area contributed by atoms with Gasteiger partial charge in [-0.05, 0) is 67.4 Å². The van der Waals surface area contributed by atoms with Crippen LogP contribution in [0.2, 0.25) is 0 Å². The summed E-state index contributed by atoms with van der Waals surface area (Å²) in [7, 11) is 1.73. The third kappa shape index (κ3) is 6.70. The average molecular weight is 487 g/mol. The minimum Gasteiger partial charge on any atom is -0.376 e. The first-order valence-electron chi connectivity index (χ1n) is 12.0. The summed E-state index contributed by atoms with van der Waals surface area (Å²) in [6, 6.07) is 23.2. The molecule has 186 valence electrons. The molecule has 0 aliphatic carbocycles. The lowest BCUT2D eigenvalue weighted by Crippen LogP contribution is -2.31. The third-order valence-electron chi connectivity index (χ3n) is 5.96. The molecule has 8 nitrogen and oxygen atoms in total. The van der Waals surface area contributed by atoms with E-state index in [1.165, 1.54) is 0 Å². The van der Waals surface area contributed by atoms with Crippen LogP contribution in [0.4, 0.5) is 17.1 Å². The van der Waals surface area contributed by atoms with Crippen LogP contribution in [0.3, 0.4) is 0 Å². The largest absolute Gasteiger partial charge is 0.376 e. The fourth-order valence-electron chi connectivity index (χ4n) is 3.93. The molecule has 3 amide bonds. The summed E-state index contributed by atoms with van der Waals surface area (Å²) in [4.78, 5) is 39.2. The Kier molecular flexibility index (Phi) is 8.31. The minimum atomic E-state index is -0.254. The fraction of sp³-hybridized carbons (Fsp3) is 0.250. The molecule has 1 aliphatic heterocycles. The second-order valence-corrected chi connectivity index (χ2v) is 8.60. The van der Waals surface area contributed by atoms with E-state index >= 15 is 0 Å². The van der Waals surface area contributed by atoms with Crippen LogP contribution in [0.15, 0.2) is 78.9 Å². The Balaban J connectivity index is 1.26. The number of ether oxygens (including phenoxy) is 1. The van der Waals surface area contributed by atoms with E-state index in [4.69, 9.17) is 4.74 Å². The van der Waals surface area contributed by atoms with Crippen molar-refractivity contribution in [1.29, 1.82) is 0 Å². The van der Waals surface area contributed by atoms with Crippen LogP contribution >= 0.6 is 0 Å². The van der Waals surface area contributed by atoms with E-state index in [-0.39, 0.29) is 30.4 Å². The van der Waals surface area contributed by atoms with Gasteiger partial charge in [-0.1, -0.05) is 24.3 Å². The van der Waals surface area contributed by atoms with Crippen molar-refractivity contribution in [3.05, 3.63) is 90.0 Å². The second kappa shape index (κ2) is 12.0. The van der Waals surface area contributed by atoms with Gasteiger partial charge in [-0.25, -0.2) is 0 Å². The monoisotopic (exact) mass is 486 g/mol. The van der Waals surface area contributed by atoms with E-state index in [1.54, 1.807) is 60.5 Å².